The van der Waals surface area contributed by atoms with Gasteiger partial charge in [0.25, 0.3) is 5.91 Å². The first kappa shape index (κ1) is 16.7. The summed E-state index contributed by atoms with van der Waals surface area (Å²) in [7, 11) is 2.10. The minimum Gasteiger partial charge on any atom is -0.353 e. The van der Waals surface area contributed by atoms with E-state index in [1.165, 1.54) is 0 Å². The molecule has 1 N–H and O–H groups in total. The maximum atomic E-state index is 12.8. The van der Waals surface area contributed by atoms with Gasteiger partial charge in [0.2, 0.25) is 0 Å². The van der Waals surface area contributed by atoms with Crippen molar-refractivity contribution in [3.8, 4) is 0 Å². The van der Waals surface area contributed by atoms with Crippen LogP contribution in [0.4, 0.5) is 11.5 Å². The molecular weight excluding hydrogens is 324 g/mol. The maximum absolute atomic E-state index is 12.8. The molecule has 5 nitrogen and oxygen atoms in total. The number of likely N-dealkylation sites (N-methyl/N-ethyl adjacent to an activating group) is 1. The number of nitrogens with one attached hydrogen (secondary N) is 1. The molecule has 0 bridgehead atoms. The van der Waals surface area contributed by atoms with Crippen LogP contribution in [0, 0.1) is 6.92 Å². The smallest absolute Gasteiger partial charge is 0.259 e. The second kappa shape index (κ2) is 7.20. The van der Waals surface area contributed by atoms with Crippen molar-refractivity contribution >= 4 is 29.0 Å². The van der Waals surface area contributed by atoms with Gasteiger partial charge >= 0.3 is 0 Å². The summed E-state index contributed by atoms with van der Waals surface area (Å²) in [5, 5.41) is 3.55. The first-order chi connectivity index (χ1) is 11.5. The monoisotopic (exact) mass is 344 g/mol. The van der Waals surface area contributed by atoms with Gasteiger partial charge in [0, 0.05) is 43.1 Å². The van der Waals surface area contributed by atoms with Crippen LogP contribution in [0.15, 0.2) is 36.5 Å². The molecule has 0 spiro atoms. The molecule has 126 valence electrons. The van der Waals surface area contributed by atoms with Crippen molar-refractivity contribution < 1.29 is 4.79 Å². The lowest BCUT2D eigenvalue weighted by molar-refractivity contribution is 0.102. The van der Waals surface area contributed by atoms with Crippen molar-refractivity contribution in [2.24, 2.45) is 0 Å². The zero-order valence-corrected chi connectivity index (χ0v) is 14.7. The number of amides is 1. The normalized spacial score (nSPS) is 15.4. The van der Waals surface area contributed by atoms with Crippen LogP contribution in [0.2, 0.25) is 5.02 Å². The number of aromatic nitrogens is 1. The molecule has 0 aliphatic carbocycles. The zero-order chi connectivity index (χ0) is 17.1. The lowest BCUT2D eigenvalue weighted by atomic mass is 10.1. The van der Waals surface area contributed by atoms with Crippen molar-refractivity contribution in [1.29, 1.82) is 0 Å². The molecule has 1 aromatic heterocycles. The van der Waals surface area contributed by atoms with E-state index in [1.807, 2.05) is 25.1 Å². The molecule has 24 heavy (non-hydrogen) atoms. The van der Waals surface area contributed by atoms with Crippen molar-refractivity contribution in [2.45, 2.75) is 6.92 Å². The largest absolute Gasteiger partial charge is 0.353 e. The minimum atomic E-state index is -0.164. The van der Waals surface area contributed by atoms with Gasteiger partial charge in [0.15, 0.2) is 0 Å². The van der Waals surface area contributed by atoms with Gasteiger partial charge in [0.05, 0.1) is 5.56 Å². The molecule has 0 radical (unpaired) electrons. The fourth-order valence-corrected chi connectivity index (χ4v) is 2.94. The van der Waals surface area contributed by atoms with Gasteiger partial charge < -0.3 is 15.1 Å². The van der Waals surface area contributed by atoms with Crippen LogP contribution in [0.1, 0.15) is 15.9 Å². The molecule has 0 unspecified atom stereocenters. The molecule has 1 aliphatic rings. The number of hydrogen-bond donors (Lipinski definition) is 1. The van der Waals surface area contributed by atoms with E-state index in [0.717, 1.165) is 43.2 Å². The number of piperazine rings is 1. The van der Waals surface area contributed by atoms with Gasteiger partial charge in [-0.25, -0.2) is 4.98 Å². The molecule has 0 atom stereocenters. The number of benzene rings is 1. The molecule has 2 heterocycles. The maximum Gasteiger partial charge on any atom is 0.259 e. The van der Waals surface area contributed by atoms with E-state index in [9.17, 15) is 4.79 Å². The number of halogens is 1. The number of carbonyl (C=O) groups excluding carboxylic acids is 1. The van der Waals surface area contributed by atoms with E-state index >= 15 is 0 Å². The molecule has 1 fully saturated rings. The van der Waals surface area contributed by atoms with Crippen LogP contribution < -0.4 is 10.2 Å². The standard InChI is InChI=1S/C18H21ClN4O/c1-13-5-6-14(19)12-16(13)21-18(24)15-4-3-7-20-17(15)23-10-8-22(2)9-11-23/h3-7,12H,8-11H2,1-2H3,(H,21,24). The lowest BCUT2D eigenvalue weighted by Gasteiger charge is -2.34. The van der Waals surface area contributed by atoms with Crippen LogP contribution in [0.5, 0.6) is 0 Å². The van der Waals surface area contributed by atoms with E-state index in [1.54, 1.807) is 18.3 Å². The molecular formula is C18H21ClN4O. The Hall–Kier alpha value is -2.11. The van der Waals surface area contributed by atoms with Crippen LogP contribution in [-0.2, 0) is 0 Å². The highest BCUT2D eigenvalue weighted by molar-refractivity contribution is 6.31. The molecule has 1 aliphatic heterocycles. The summed E-state index contributed by atoms with van der Waals surface area (Å²) in [6, 6.07) is 9.07. The minimum absolute atomic E-state index is 0.164. The quantitative estimate of drug-likeness (QED) is 0.929. The van der Waals surface area contributed by atoms with Crippen molar-refractivity contribution in [3.05, 3.63) is 52.7 Å². The van der Waals surface area contributed by atoms with E-state index in [2.05, 4.69) is 27.1 Å². The molecule has 1 saturated heterocycles. The summed E-state index contributed by atoms with van der Waals surface area (Å²) in [6.45, 7) is 5.60. The second-order valence-corrected chi connectivity index (χ2v) is 6.51. The molecule has 1 amide bonds. The number of pyridine rings is 1. The Labute approximate surface area is 147 Å². The molecule has 0 saturated carbocycles. The number of anilines is 2. The third-order valence-electron chi connectivity index (χ3n) is 4.28. The lowest BCUT2D eigenvalue weighted by Crippen LogP contribution is -2.45. The summed E-state index contributed by atoms with van der Waals surface area (Å²) >= 11 is 6.04. The predicted molar refractivity (Wildman–Crippen MR) is 98.1 cm³/mol. The summed E-state index contributed by atoms with van der Waals surface area (Å²) in [5.41, 5.74) is 2.28. The number of nitrogens with zero attached hydrogens (tertiary/aromatic N) is 3. The van der Waals surface area contributed by atoms with Gasteiger partial charge in [-0.2, -0.15) is 0 Å². The molecule has 2 aromatic rings. The highest BCUT2D eigenvalue weighted by atomic mass is 35.5. The van der Waals surface area contributed by atoms with E-state index in [4.69, 9.17) is 11.6 Å². The zero-order valence-electron chi connectivity index (χ0n) is 13.9. The van der Waals surface area contributed by atoms with Gasteiger partial charge in [-0.15, -0.1) is 0 Å². The average molecular weight is 345 g/mol. The van der Waals surface area contributed by atoms with Gasteiger partial charge in [0.1, 0.15) is 5.82 Å². The predicted octanol–water partition coefficient (Wildman–Crippen LogP) is 3.05. The Morgan fingerprint density at radius 3 is 2.71 bits per heavy atom. The third kappa shape index (κ3) is 3.68. The van der Waals surface area contributed by atoms with Gasteiger partial charge in [-0.3, -0.25) is 4.79 Å². The van der Waals surface area contributed by atoms with E-state index < -0.39 is 0 Å². The Kier molecular flexibility index (Phi) is 5.02. The summed E-state index contributed by atoms with van der Waals surface area (Å²) in [6.07, 6.45) is 1.73. The Morgan fingerprint density at radius 2 is 1.96 bits per heavy atom. The van der Waals surface area contributed by atoms with E-state index in [-0.39, 0.29) is 5.91 Å². The van der Waals surface area contributed by atoms with Gasteiger partial charge in [-0.1, -0.05) is 17.7 Å². The van der Waals surface area contributed by atoms with Crippen LogP contribution in [0.3, 0.4) is 0 Å². The molecule has 6 heteroatoms. The Balaban J connectivity index is 1.84. The number of hydrogen-bond acceptors (Lipinski definition) is 4. The SMILES string of the molecule is Cc1ccc(Cl)cc1NC(=O)c1cccnc1N1CCN(C)CC1. The number of rotatable bonds is 3. The summed E-state index contributed by atoms with van der Waals surface area (Å²) < 4.78 is 0. The topological polar surface area (TPSA) is 48.5 Å². The van der Waals surface area contributed by atoms with Gasteiger partial charge in [-0.05, 0) is 43.8 Å². The molecule has 3 rings (SSSR count). The third-order valence-corrected chi connectivity index (χ3v) is 4.52. The van der Waals surface area contributed by atoms with Crippen LogP contribution >= 0.6 is 11.6 Å². The second-order valence-electron chi connectivity index (χ2n) is 6.08. The Bertz CT molecular complexity index is 742. The molecule has 1 aromatic carbocycles. The first-order valence-corrected chi connectivity index (χ1v) is 8.38. The highest BCUT2D eigenvalue weighted by Gasteiger charge is 2.21. The van der Waals surface area contributed by atoms with E-state index in [0.29, 0.717) is 10.6 Å². The summed E-state index contributed by atoms with van der Waals surface area (Å²) in [5.74, 6) is 0.574. The van der Waals surface area contributed by atoms with Crippen molar-refractivity contribution in [1.82, 2.24) is 9.88 Å². The number of aryl methyl sites for hydroxylation is 1. The first-order valence-electron chi connectivity index (χ1n) is 8.00. The van der Waals surface area contributed by atoms with Crippen molar-refractivity contribution in [2.75, 3.05) is 43.4 Å². The number of carbonyl (C=O) groups is 1. The Morgan fingerprint density at radius 1 is 1.21 bits per heavy atom. The van der Waals surface area contributed by atoms with Crippen LogP contribution in [-0.4, -0.2) is 49.0 Å². The fourth-order valence-electron chi connectivity index (χ4n) is 2.76. The average Bonchev–Trinajstić information content (AvgIpc) is 2.59. The van der Waals surface area contributed by atoms with Crippen molar-refractivity contribution in [3.63, 3.8) is 0 Å². The highest BCUT2D eigenvalue weighted by Crippen LogP contribution is 2.23. The van der Waals surface area contributed by atoms with Crippen LogP contribution in [0.25, 0.3) is 0 Å². The summed E-state index contributed by atoms with van der Waals surface area (Å²) in [4.78, 5) is 21.7. The fraction of sp³-hybridized carbons (Fsp3) is 0.333.